The van der Waals surface area contributed by atoms with Gasteiger partial charge >= 0.3 is 0 Å². The number of fused-ring (bicyclic) bond motifs is 1. The molecule has 2 heterocycles. The third kappa shape index (κ3) is 1.68. The van der Waals surface area contributed by atoms with Gasteiger partial charge in [-0.15, -0.1) is 0 Å². The van der Waals surface area contributed by atoms with Crippen molar-refractivity contribution in [2.24, 2.45) is 23.7 Å². The summed E-state index contributed by atoms with van der Waals surface area (Å²) in [4.78, 5) is 9.80. The van der Waals surface area contributed by atoms with Crippen molar-refractivity contribution in [3.05, 3.63) is 23.3 Å². The van der Waals surface area contributed by atoms with Crippen molar-refractivity contribution in [2.45, 2.75) is 51.0 Å². The Morgan fingerprint density at radius 2 is 1.75 bits per heavy atom. The van der Waals surface area contributed by atoms with Gasteiger partial charge in [0.1, 0.15) is 5.82 Å². The SMILES string of the molecule is c1nc(C2C3CC4CC(C3)CC2C4)nc2c1CNCC2. The summed E-state index contributed by atoms with van der Waals surface area (Å²) in [5.74, 6) is 5.74. The lowest BCUT2D eigenvalue weighted by molar-refractivity contribution is -0.00575. The summed E-state index contributed by atoms with van der Waals surface area (Å²) in [6.45, 7) is 2.03. The van der Waals surface area contributed by atoms with E-state index in [1.165, 1.54) is 49.2 Å². The van der Waals surface area contributed by atoms with E-state index in [2.05, 4.69) is 11.5 Å². The molecule has 0 radical (unpaired) electrons. The minimum Gasteiger partial charge on any atom is -0.312 e. The molecule has 20 heavy (non-hydrogen) atoms. The topological polar surface area (TPSA) is 37.8 Å². The molecule has 0 aromatic carbocycles. The molecular weight excluding hydrogens is 246 g/mol. The Bertz CT molecular complexity index is 511. The van der Waals surface area contributed by atoms with E-state index in [4.69, 9.17) is 9.97 Å². The van der Waals surface area contributed by atoms with E-state index in [0.717, 1.165) is 43.2 Å². The van der Waals surface area contributed by atoms with Crippen molar-refractivity contribution >= 4 is 0 Å². The van der Waals surface area contributed by atoms with Crippen LogP contribution >= 0.6 is 0 Å². The van der Waals surface area contributed by atoms with Gasteiger partial charge in [0.25, 0.3) is 0 Å². The maximum atomic E-state index is 5.01. The Labute approximate surface area is 120 Å². The van der Waals surface area contributed by atoms with Gasteiger partial charge in [0.05, 0.1) is 0 Å². The van der Waals surface area contributed by atoms with E-state index in [1.807, 2.05) is 0 Å². The first kappa shape index (κ1) is 11.7. The van der Waals surface area contributed by atoms with Crippen molar-refractivity contribution in [3.63, 3.8) is 0 Å². The van der Waals surface area contributed by atoms with E-state index < -0.39 is 0 Å². The van der Waals surface area contributed by atoms with Crippen molar-refractivity contribution in [1.29, 1.82) is 0 Å². The number of rotatable bonds is 1. The standard InChI is InChI=1S/C17H23N3/c1-2-18-8-14-9-19-17(20-15(1)14)16-12-4-10-3-11(6-12)7-13(16)5-10/h9-13,16,18H,1-8H2. The quantitative estimate of drug-likeness (QED) is 0.851. The molecule has 4 aliphatic carbocycles. The van der Waals surface area contributed by atoms with Crippen LogP contribution in [0.25, 0.3) is 0 Å². The maximum Gasteiger partial charge on any atom is 0.132 e. The molecule has 6 rings (SSSR count). The van der Waals surface area contributed by atoms with Crippen LogP contribution in [0.15, 0.2) is 6.20 Å². The van der Waals surface area contributed by atoms with Crippen molar-refractivity contribution in [3.8, 4) is 0 Å². The zero-order valence-electron chi connectivity index (χ0n) is 12.0. The van der Waals surface area contributed by atoms with Crippen LogP contribution in [-0.4, -0.2) is 16.5 Å². The first-order valence-electron chi connectivity index (χ1n) is 8.42. The van der Waals surface area contributed by atoms with Gasteiger partial charge in [-0.2, -0.15) is 0 Å². The summed E-state index contributed by atoms with van der Waals surface area (Å²) in [5, 5.41) is 3.41. The van der Waals surface area contributed by atoms with Crippen LogP contribution in [0.5, 0.6) is 0 Å². The highest BCUT2D eigenvalue weighted by molar-refractivity contribution is 5.22. The molecule has 106 valence electrons. The van der Waals surface area contributed by atoms with Crippen molar-refractivity contribution in [2.75, 3.05) is 6.54 Å². The second kappa shape index (κ2) is 4.27. The lowest BCUT2D eigenvalue weighted by Gasteiger charge is -2.53. The fourth-order valence-corrected chi connectivity index (χ4v) is 5.76. The lowest BCUT2D eigenvalue weighted by atomic mass is 9.51. The molecule has 0 unspecified atom stereocenters. The highest BCUT2D eigenvalue weighted by Gasteiger charge is 2.49. The first-order valence-corrected chi connectivity index (χ1v) is 8.42. The van der Waals surface area contributed by atoms with Crippen molar-refractivity contribution < 1.29 is 0 Å². The van der Waals surface area contributed by atoms with Gasteiger partial charge in [0.15, 0.2) is 0 Å². The third-order valence-corrected chi connectivity index (χ3v) is 6.35. The normalized spacial score (nSPS) is 41.7. The highest BCUT2D eigenvalue weighted by atomic mass is 14.9. The predicted octanol–water partition coefficient (Wildman–Crippen LogP) is 2.66. The van der Waals surface area contributed by atoms with Gasteiger partial charge in [-0.25, -0.2) is 9.97 Å². The molecule has 0 saturated heterocycles. The molecule has 4 fully saturated rings. The average molecular weight is 269 g/mol. The summed E-state index contributed by atoms with van der Waals surface area (Å²) in [6.07, 6.45) is 10.5. The molecule has 5 aliphatic rings. The summed E-state index contributed by atoms with van der Waals surface area (Å²) in [7, 11) is 0. The van der Waals surface area contributed by atoms with Crippen LogP contribution in [0.4, 0.5) is 0 Å². The zero-order valence-corrected chi connectivity index (χ0v) is 12.0. The third-order valence-electron chi connectivity index (χ3n) is 6.35. The van der Waals surface area contributed by atoms with E-state index in [1.54, 1.807) is 0 Å². The fourth-order valence-electron chi connectivity index (χ4n) is 5.76. The molecule has 3 heteroatoms. The summed E-state index contributed by atoms with van der Waals surface area (Å²) >= 11 is 0. The number of aromatic nitrogens is 2. The van der Waals surface area contributed by atoms with Gasteiger partial charge in [-0.3, -0.25) is 0 Å². The van der Waals surface area contributed by atoms with Crippen LogP contribution in [0.2, 0.25) is 0 Å². The van der Waals surface area contributed by atoms with E-state index >= 15 is 0 Å². The Kier molecular flexibility index (Phi) is 2.49. The van der Waals surface area contributed by atoms with Gasteiger partial charge in [-0.1, -0.05) is 0 Å². The Morgan fingerprint density at radius 1 is 1.00 bits per heavy atom. The van der Waals surface area contributed by atoms with Gasteiger partial charge < -0.3 is 5.32 Å². The molecule has 1 aliphatic heterocycles. The molecule has 4 bridgehead atoms. The van der Waals surface area contributed by atoms with Crippen LogP contribution in [0.3, 0.4) is 0 Å². The molecule has 4 saturated carbocycles. The predicted molar refractivity (Wildman–Crippen MR) is 77.2 cm³/mol. The Morgan fingerprint density at radius 3 is 2.50 bits per heavy atom. The smallest absolute Gasteiger partial charge is 0.132 e. The molecule has 1 N–H and O–H groups in total. The van der Waals surface area contributed by atoms with Gasteiger partial charge in [0, 0.05) is 42.9 Å². The molecule has 0 spiro atoms. The first-order chi connectivity index (χ1) is 9.87. The molecular formula is C17H23N3. The van der Waals surface area contributed by atoms with E-state index in [9.17, 15) is 0 Å². The van der Waals surface area contributed by atoms with Gasteiger partial charge in [-0.05, 0) is 55.8 Å². The highest BCUT2D eigenvalue weighted by Crippen LogP contribution is 2.59. The molecule has 3 nitrogen and oxygen atoms in total. The molecule has 1 aromatic rings. The number of hydrogen-bond acceptors (Lipinski definition) is 3. The van der Waals surface area contributed by atoms with Crippen LogP contribution in [0.1, 0.15) is 55.1 Å². The number of nitrogens with one attached hydrogen (secondary N) is 1. The van der Waals surface area contributed by atoms with E-state index in [-0.39, 0.29) is 0 Å². The minimum atomic E-state index is 0.683. The second-order valence-electron chi connectivity index (χ2n) is 7.58. The van der Waals surface area contributed by atoms with Crippen LogP contribution in [0, 0.1) is 23.7 Å². The van der Waals surface area contributed by atoms with Crippen molar-refractivity contribution in [1.82, 2.24) is 15.3 Å². The molecule has 0 amide bonds. The fraction of sp³-hybridized carbons (Fsp3) is 0.765. The van der Waals surface area contributed by atoms with Crippen LogP contribution < -0.4 is 5.32 Å². The number of hydrogen-bond donors (Lipinski definition) is 1. The summed E-state index contributed by atoms with van der Waals surface area (Å²) in [5.41, 5.74) is 2.64. The zero-order chi connectivity index (χ0) is 13.1. The van der Waals surface area contributed by atoms with Crippen LogP contribution in [-0.2, 0) is 13.0 Å². The summed E-state index contributed by atoms with van der Waals surface area (Å²) in [6, 6.07) is 0. The Hall–Kier alpha value is -0.960. The Balaban J connectivity index is 1.50. The maximum absolute atomic E-state index is 5.01. The minimum absolute atomic E-state index is 0.683. The summed E-state index contributed by atoms with van der Waals surface area (Å²) < 4.78 is 0. The van der Waals surface area contributed by atoms with Gasteiger partial charge in [0.2, 0.25) is 0 Å². The average Bonchev–Trinajstić information content (AvgIpc) is 2.46. The molecule has 0 atom stereocenters. The second-order valence-corrected chi connectivity index (χ2v) is 7.58. The largest absolute Gasteiger partial charge is 0.312 e. The molecule has 1 aromatic heterocycles. The van der Waals surface area contributed by atoms with E-state index in [0.29, 0.717) is 5.92 Å². The number of nitrogens with zero attached hydrogens (tertiary/aromatic N) is 2. The lowest BCUT2D eigenvalue weighted by Crippen LogP contribution is -2.44. The monoisotopic (exact) mass is 269 g/mol.